The molecule has 3 rings (SSSR count). The predicted molar refractivity (Wildman–Crippen MR) is 95.0 cm³/mol. The summed E-state index contributed by atoms with van der Waals surface area (Å²) >= 11 is 5.50. The van der Waals surface area contributed by atoms with Gasteiger partial charge < -0.3 is 19.4 Å². The molecule has 0 radical (unpaired) electrons. The van der Waals surface area contributed by atoms with E-state index >= 15 is 0 Å². The molecule has 0 spiro atoms. The fourth-order valence-corrected chi connectivity index (χ4v) is 3.22. The van der Waals surface area contributed by atoms with Crippen molar-refractivity contribution in [2.75, 3.05) is 18.4 Å². The van der Waals surface area contributed by atoms with E-state index in [1.807, 2.05) is 39.0 Å². The number of rotatable bonds is 1. The first-order valence-electron chi connectivity index (χ1n) is 7.68. The molecule has 6 heteroatoms. The maximum absolute atomic E-state index is 11.5. The first-order chi connectivity index (χ1) is 10.9. The van der Waals surface area contributed by atoms with Crippen molar-refractivity contribution >= 4 is 34.0 Å². The molecule has 0 bridgehead atoms. The smallest absolute Gasteiger partial charge is 0.336 e. The third-order valence-electron chi connectivity index (χ3n) is 3.91. The second-order valence-electron chi connectivity index (χ2n) is 6.05. The number of fused-ring (bicyclic) bond motifs is 1. The average molecular weight is 332 g/mol. The van der Waals surface area contributed by atoms with Crippen LogP contribution in [0.5, 0.6) is 0 Å². The summed E-state index contributed by atoms with van der Waals surface area (Å²) in [6, 6.07) is 7.18. The number of hydrogen-bond acceptors (Lipinski definition) is 4. The summed E-state index contributed by atoms with van der Waals surface area (Å²) in [5.74, 6) is 0. The van der Waals surface area contributed by atoms with Crippen molar-refractivity contribution < 1.29 is 9.15 Å². The summed E-state index contributed by atoms with van der Waals surface area (Å²) in [5, 5.41) is 4.80. The van der Waals surface area contributed by atoms with E-state index in [-0.39, 0.29) is 17.8 Å². The molecule has 1 aromatic carbocycles. The third kappa shape index (κ3) is 3.54. The van der Waals surface area contributed by atoms with Gasteiger partial charge in [-0.1, -0.05) is 0 Å². The first-order valence-corrected chi connectivity index (χ1v) is 8.09. The van der Waals surface area contributed by atoms with Gasteiger partial charge in [-0.05, 0) is 50.7 Å². The number of ether oxygens (including phenoxy) is 1. The van der Waals surface area contributed by atoms with E-state index in [2.05, 4.69) is 10.2 Å². The Balaban J connectivity index is 1.81. The zero-order chi connectivity index (χ0) is 16.6. The Labute approximate surface area is 140 Å². The molecule has 0 saturated carbocycles. The number of anilines is 1. The molecule has 0 amide bonds. The average Bonchev–Trinajstić information content (AvgIpc) is 2.45. The van der Waals surface area contributed by atoms with Gasteiger partial charge in [-0.2, -0.15) is 0 Å². The summed E-state index contributed by atoms with van der Waals surface area (Å²) in [7, 11) is 0. The Kier molecular flexibility index (Phi) is 4.37. The molecule has 5 nitrogen and oxygen atoms in total. The van der Waals surface area contributed by atoms with Crippen LogP contribution in [-0.2, 0) is 4.74 Å². The van der Waals surface area contributed by atoms with Gasteiger partial charge in [0.15, 0.2) is 5.11 Å². The summed E-state index contributed by atoms with van der Waals surface area (Å²) in [4.78, 5) is 13.6. The zero-order valence-corrected chi connectivity index (χ0v) is 14.3. The largest absolute Gasteiger partial charge is 0.423 e. The minimum Gasteiger partial charge on any atom is -0.423 e. The molecular weight excluding hydrogens is 312 g/mol. The quantitative estimate of drug-likeness (QED) is 0.640. The summed E-state index contributed by atoms with van der Waals surface area (Å²) in [5.41, 5.74) is 1.93. The first kappa shape index (κ1) is 16.0. The predicted octanol–water partition coefficient (Wildman–Crippen LogP) is 2.91. The summed E-state index contributed by atoms with van der Waals surface area (Å²) in [6.45, 7) is 7.50. The van der Waals surface area contributed by atoms with Gasteiger partial charge in [0.2, 0.25) is 0 Å². The van der Waals surface area contributed by atoms with Crippen molar-refractivity contribution in [3.8, 4) is 0 Å². The van der Waals surface area contributed by atoms with Crippen LogP contribution in [0.1, 0.15) is 19.4 Å². The van der Waals surface area contributed by atoms with Crippen LogP contribution in [0.3, 0.4) is 0 Å². The van der Waals surface area contributed by atoms with Gasteiger partial charge in [-0.3, -0.25) is 0 Å². The molecule has 1 aliphatic rings. The summed E-state index contributed by atoms with van der Waals surface area (Å²) in [6.07, 6.45) is 0.298. The normalized spacial score (nSPS) is 21.4. The minimum atomic E-state index is -0.342. The van der Waals surface area contributed by atoms with Crippen LogP contribution in [0.15, 0.2) is 33.5 Å². The van der Waals surface area contributed by atoms with Crippen LogP contribution < -0.4 is 10.9 Å². The lowest BCUT2D eigenvalue weighted by Gasteiger charge is -2.36. The van der Waals surface area contributed by atoms with E-state index < -0.39 is 0 Å². The Morgan fingerprint density at radius 3 is 2.65 bits per heavy atom. The van der Waals surface area contributed by atoms with Gasteiger partial charge in [0.25, 0.3) is 0 Å². The lowest BCUT2D eigenvalue weighted by molar-refractivity contribution is -0.0473. The molecule has 2 atom stereocenters. The molecule has 1 fully saturated rings. The number of hydrogen-bond donors (Lipinski definition) is 1. The highest BCUT2D eigenvalue weighted by Crippen LogP contribution is 2.21. The van der Waals surface area contributed by atoms with Crippen LogP contribution >= 0.6 is 12.2 Å². The Morgan fingerprint density at radius 2 is 1.96 bits per heavy atom. The number of aryl methyl sites for hydroxylation is 1. The topological polar surface area (TPSA) is 54.7 Å². The second-order valence-corrected chi connectivity index (χ2v) is 6.44. The van der Waals surface area contributed by atoms with Crippen molar-refractivity contribution in [2.24, 2.45) is 0 Å². The minimum absolute atomic E-state index is 0.149. The van der Waals surface area contributed by atoms with Crippen molar-refractivity contribution in [3.63, 3.8) is 0 Å². The van der Waals surface area contributed by atoms with E-state index in [1.54, 1.807) is 0 Å². The third-order valence-corrected chi connectivity index (χ3v) is 4.27. The van der Waals surface area contributed by atoms with Crippen LogP contribution in [0, 0.1) is 6.92 Å². The zero-order valence-electron chi connectivity index (χ0n) is 13.5. The molecule has 2 aromatic rings. The highest BCUT2D eigenvalue weighted by Gasteiger charge is 2.23. The number of nitrogens with zero attached hydrogens (tertiary/aromatic N) is 1. The molecule has 2 heterocycles. The van der Waals surface area contributed by atoms with Gasteiger partial charge in [0.1, 0.15) is 5.58 Å². The van der Waals surface area contributed by atoms with Crippen molar-refractivity contribution in [2.45, 2.75) is 33.0 Å². The standard InChI is InChI=1S/C17H20N2O3S/c1-10-6-16(20)22-15-7-13(4-5-14(10)15)18-17(23)19-8-11(2)21-12(3)9-19/h4-7,11-12H,8-9H2,1-3H3,(H,18,23)/t11-,12+. The van der Waals surface area contributed by atoms with Gasteiger partial charge in [0, 0.05) is 36.3 Å². The molecule has 1 saturated heterocycles. The number of thiocarbonyl (C=S) groups is 1. The molecule has 1 N–H and O–H groups in total. The van der Waals surface area contributed by atoms with Crippen molar-refractivity contribution in [1.29, 1.82) is 0 Å². The second kappa shape index (κ2) is 6.29. The number of morpholine rings is 1. The van der Waals surface area contributed by atoms with E-state index in [0.29, 0.717) is 10.7 Å². The van der Waals surface area contributed by atoms with Gasteiger partial charge in [-0.15, -0.1) is 0 Å². The van der Waals surface area contributed by atoms with Crippen LogP contribution in [0.25, 0.3) is 11.0 Å². The molecule has 122 valence electrons. The van der Waals surface area contributed by atoms with Gasteiger partial charge in [-0.25, -0.2) is 4.79 Å². The van der Waals surface area contributed by atoms with E-state index in [4.69, 9.17) is 21.4 Å². The Bertz CT molecular complexity index is 792. The lowest BCUT2D eigenvalue weighted by Crippen LogP contribution is -2.49. The molecule has 1 aliphatic heterocycles. The highest BCUT2D eigenvalue weighted by molar-refractivity contribution is 7.80. The van der Waals surface area contributed by atoms with Crippen LogP contribution in [0.4, 0.5) is 5.69 Å². The number of nitrogens with one attached hydrogen (secondary N) is 1. The van der Waals surface area contributed by atoms with E-state index in [9.17, 15) is 4.79 Å². The Morgan fingerprint density at radius 1 is 1.26 bits per heavy atom. The van der Waals surface area contributed by atoms with Gasteiger partial charge in [0.05, 0.1) is 12.2 Å². The molecule has 23 heavy (non-hydrogen) atoms. The monoisotopic (exact) mass is 332 g/mol. The maximum Gasteiger partial charge on any atom is 0.336 e. The summed E-state index contributed by atoms with van der Waals surface area (Å²) < 4.78 is 11.0. The van der Waals surface area contributed by atoms with Gasteiger partial charge >= 0.3 is 5.63 Å². The SMILES string of the molecule is Cc1cc(=O)oc2cc(NC(=S)N3C[C@@H](C)O[C@@H](C)C3)ccc12. The maximum atomic E-state index is 11.5. The molecule has 0 aliphatic carbocycles. The van der Waals surface area contributed by atoms with Crippen LogP contribution in [0.2, 0.25) is 0 Å². The van der Waals surface area contributed by atoms with Crippen LogP contribution in [-0.4, -0.2) is 35.3 Å². The van der Waals surface area contributed by atoms with Crippen molar-refractivity contribution in [3.05, 3.63) is 40.2 Å². The molecule has 1 aromatic heterocycles. The molecule has 0 unspecified atom stereocenters. The lowest BCUT2D eigenvalue weighted by atomic mass is 10.1. The van der Waals surface area contributed by atoms with E-state index in [0.717, 1.165) is 29.7 Å². The number of benzene rings is 1. The highest BCUT2D eigenvalue weighted by atomic mass is 32.1. The van der Waals surface area contributed by atoms with E-state index in [1.165, 1.54) is 6.07 Å². The van der Waals surface area contributed by atoms with Crippen molar-refractivity contribution in [1.82, 2.24) is 4.90 Å². The fraction of sp³-hybridized carbons (Fsp3) is 0.412. The fourth-order valence-electron chi connectivity index (χ4n) is 2.95. The molecular formula is C17H20N2O3S. The Hall–Kier alpha value is -1.92.